The highest BCUT2D eigenvalue weighted by Crippen LogP contribution is 2.14. The summed E-state index contributed by atoms with van der Waals surface area (Å²) < 4.78 is 0. The summed E-state index contributed by atoms with van der Waals surface area (Å²) in [4.78, 5) is 24.0. The Hall–Kier alpha value is -1.55. The minimum Gasteiger partial charge on any atom is -0.481 e. The number of nitrogens with zero attached hydrogens (tertiary/aromatic N) is 1. The molecule has 0 aliphatic rings. The molecule has 1 rings (SSSR count). The molecule has 0 aromatic heterocycles. The van der Waals surface area contributed by atoms with E-state index in [1.807, 2.05) is 0 Å². The van der Waals surface area contributed by atoms with Gasteiger partial charge in [0.2, 0.25) is 0 Å². The van der Waals surface area contributed by atoms with Crippen LogP contribution in [0.25, 0.3) is 0 Å². The van der Waals surface area contributed by atoms with Gasteiger partial charge in [0.15, 0.2) is 0 Å². The number of carbonyl (C=O) groups excluding carboxylic acids is 1. The summed E-state index contributed by atoms with van der Waals surface area (Å²) in [6, 6.07) is 6.22. The molecule has 17 heavy (non-hydrogen) atoms. The fourth-order valence-electron chi connectivity index (χ4n) is 1.41. The third-order valence-electron chi connectivity index (χ3n) is 2.52. The maximum absolute atomic E-state index is 12.0. The minimum absolute atomic E-state index is 0.0805. The van der Waals surface area contributed by atoms with Crippen molar-refractivity contribution in [3.8, 4) is 0 Å². The molecule has 0 saturated heterocycles. The van der Waals surface area contributed by atoms with Crippen molar-refractivity contribution in [3.05, 3.63) is 34.9 Å². The van der Waals surface area contributed by atoms with Gasteiger partial charge in [0.05, 0.1) is 6.42 Å². The first-order valence-electron chi connectivity index (χ1n) is 5.16. The van der Waals surface area contributed by atoms with Crippen LogP contribution in [0.2, 0.25) is 5.02 Å². The summed E-state index contributed by atoms with van der Waals surface area (Å²) in [7, 11) is 1.58. The molecule has 1 aromatic carbocycles. The molecule has 1 unspecified atom stereocenters. The number of aliphatic carboxylic acids is 1. The van der Waals surface area contributed by atoms with Gasteiger partial charge in [-0.05, 0) is 25.1 Å². The van der Waals surface area contributed by atoms with Crippen LogP contribution in [0.15, 0.2) is 24.3 Å². The third kappa shape index (κ3) is 3.75. The van der Waals surface area contributed by atoms with Gasteiger partial charge in [-0.25, -0.2) is 0 Å². The molecule has 0 bridgehead atoms. The van der Waals surface area contributed by atoms with Gasteiger partial charge in [0.25, 0.3) is 5.91 Å². The van der Waals surface area contributed by atoms with E-state index >= 15 is 0 Å². The van der Waals surface area contributed by atoms with Gasteiger partial charge in [-0.1, -0.05) is 17.7 Å². The second-order valence-electron chi connectivity index (χ2n) is 3.87. The standard InChI is InChI=1S/C12H14ClNO3/c1-8(6-11(15)16)14(2)12(17)9-4-3-5-10(13)7-9/h3-5,7-8H,6H2,1-2H3,(H,15,16). The molecule has 0 radical (unpaired) electrons. The molecule has 1 atom stereocenters. The Morgan fingerprint density at radius 3 is 2.65 bits per heavy atom. The highest BCUT2D eigenvalue weighted by Gasteiger charge is 2.19. The topological polar surface area (TPSA) is 57.6 Å². The van der Waals surface area contributed by atoms with Crippen molar-refractivity contribution < 1.29 is 14.7 Å². The van der Waals surface area contributed by atoms with Crippen molar-refractivity contribution >= 4 is 23.5 Å². The minimum atomic E-state index is -0.928. The van der Waals surface area contributed by atoms with Gasteiger partial charge in [0.1, 0.15) is 0 Å². The lowest BCUT2D eigenvalue weighted by Gasteiger charge is -2.23. The van der Waals surface area contributed by atoms with Gasteiger partial charge in [-0.15, -0.1) is 0 Å². The average Bonchev–Trinajstić information content (AvgIpc) is 2.26. The molecule has 0 aliphatic heterocycles. The van der Waals surface area contributed by atoms with E-state index in [0.29, 0.717) is 10.6 Å². The van der Waals surface area contributed by atoms with E-state index in [2.05, 4.69) is 0 Å². The number of benzene rings is 1. The summed E-state index contributed by atoms with van der Waals surface area (Å²) in [5.41, 5.74) is 0.456. The number of hydrogen-bond donors (Lipinski definition) is 1. The van der Waals surface area contributed by atoms with Crippen molar-refractivity contribution in [1.82, 2.24) is 4.90 Å². The van der Waals surface area contributed by atoms with Gasteiger partial charge >= 0.3 is 5.97 Å². The van der Waals surface area contributed by atoms with Gasteiger partial charge < -0.3 is 10.0 Å². The first-order chi connectivity index (χ1) is 7.91. The predicted octanol–water partition coefficient (Wildman–Crippen LogP) is 2.28. The van der Waals surface area contributed by atoms with Crippen LogP contribution < -0.4 is 0 Å². The molecule has 5 heteroatoms. The number of carbonyl (C=O) groups is 2. The summed E-state index contributed by atoms with van der Waals surface area (Å²) in [6.07, 6.45) is -0.0805. The second-order valence-corrected chi connectivity index (χ2v) is 4.31. The van der Waals surface area contributed by atoms with Crippen molar-refractivity contribution in [2.75, 3.05) is 7.05 Å². The lowest BCUT2D eigenvalue weighted by atomic mass is 10.1. The SMILES string of the molecule is CC(CC(=O)O)N(C)C(=O)c1cccc(Cl)c1. The highest BCUT2D eigenvalue weighted by molar-refractivity contribution is 6.30. The molecule has 92 valence electrons. The summed E-state index contributed by atoms with van der Waals surface area (Å²) in [5.74, 6) is -1.16. The molecule has 0 heterocycles. The number of carboxylic acid groups (broad SMARTS) is 1. The Kier molecular flexibility index (Phi) is 4.52. The lowest BCUT2D eigenvalue weighted by molar-refractivity contribution is -0.137. The Morgan fingerprint density at radius 1 is 1.47 bits per heavy atom. The number of amides is 1. The fourth-order valence-corrected chi connectivity index (χ4v) is 1.61. The number of rotatable bonds is 4. The van der Waals surface area contributed by atoms with Crippen LogP contribution in [-0.4, -0.2) is 35.0 Å². The van der Waals surface area contributed by atoms with E-state index in [1.54, 1.807) is 38.2 Å². The smallest absolute Gasteiger partial charge is 0.305 e. The van der Waals surface area contributed by atoms with Crippen molar-refractivity contribution in [2.45, 2.75) is 19.4 Å². The first kappa shape index (κ1) is 13.5. The highest BCUT2D eigenvalue weighted by atomic mass is 35.5. The van der Waals surface area contributed by atoms with Crippen LogP contribution in [0.1, 0.15) is 23.7 Å². The largest absolute Gasteiger partial charge is 0.481 e. The molecular weight excluding hydrogens is 242 g/mol. The number of halogens is 1. The number of hydrogen-bond acceptors (Lipinski definition) is 2. The normalized spacial score (nSPS) is 11.9. The molecule has 1 N–H and O–H groups in total. The van der Waals surface area contributed by atoms with E-state index in [9.17, 15) is 9.59 Å². The van der Waals surface area contributed by atoms with Crippen LogP contribution in [0.4, 0.5) is 0 Å². The Balaban J connectivity index is 2.79. The zero-order chi connectivity index (χ0) is 13.0. The van der Waals surface area contributed by atoms with Crippen molar-refractivity contribution in [1.29, 1.82) is 0 Å². The Labute approximate surface area is 105 Å². The summed E-state index contributed by atoms with van der Waals surface area (Å²) >= 11 is 5.79. The third-order valence-corrected chi connectivity index (χ3v) is 2.76. The molecule has 0 saturated carbocycles. The molecule has 0 spiro atoms. The van der Waals surface area contributed by atoms with Crippen LogP contribution in [0.5, 0.6) is 0 Å². The quantitative estimate of drug-likeness (QED) is 0.898. The van der Waals surface area contributed by atoms with Gasteiger partial charge in [0, 0.05) is 23.7 Å². The van der Waals surface area contributed by atoms with E-state index in [0.717, 1.165) is 0 Å². The van der Waals surface area contributed by atoms with Crippen molar-refractivity contribution in [2.24, 2.45) is 0 Å². The van der Waals surface area contributed by atoms with Crippen LogP contribution >= 0.6 is 11.6 Å². The van der Waals surface area contributed by atoms with E-state index < -0.39 is 5.97 Å². The predicted molar refractivity (Wildman–Crippen MR) is 65.3 cm³/mol. The average molecular weight is 256 g/mol. The van der Waals surface area contributed by atoms with Gasteiger partial charge in [-0.2, -0.15) is 0 Å². The summed E-state index contributed by atoms with van der Waals surface area (Å²) in [5, 5.41) is 9.15. The second kappa shape index (κ2) is 5.68. The van der Waals surface area contributed by atoms with Gasteiger partial charge in [-0.3, -0.25) is 9.59 Å². The number of carboxylic acids is 1. The summed E-state index contributed by atoms with van der Waals surface area (Å²) in [6.45, 7) is 1.69. The zero-order valence-corrected chi connectivity index (χ0v) is 10.4. The molecular formula is C12H14ClNO3. The zero-order valence-electron chi connectivity index (χ0n) is 9.68. The van der Waals surface area contributed by atoms with E-state index in [-0.39, 0.29) is 18.4 Å². The van der Waals surface area contributed by atoms with Crippen LogP contribution in [-0.2, 0) is 4.79 Å². The molecule has 0 fully saturated rings. The van der Waals surface area contributed by atoms with E-state index in [1.165, 1.54) is 4.90 Å². The maximum Gasteiger partial charge on any atom is 0.305 e. The Morgan fingerprint density at radius 2 is 2.12 bits per heavy atom. The monoisotopic (exact) mass is 255 g/mol. The molecule has 1 amide bonds. The molecule has 0 aliphatic carbocycles. The van der Waals surface area contributed by atoms with Crippen LogP contribution in [0.3, 0.4) is 0 Å². The molecule has 4 nitrogen and oxygen atoms in total. The lowest BCUT2D eigenvalue weighted by Crippen LogP contribution is -2.36. The van der Waals surface area contributed by atoms with Crippen molar-refractivity contribution in [3.63, 3.8) is 0 Å². The molecule has 1 aromatic rings. The fraction of sp³-hybridized carbons (Fsp3) is 0.333. The maximum atomic E-state index is 12.0. The van der Waals surface area contributed by atoms with Crippen LogP contribution in [0, 0.1) is 0 Å². The van der Waals surface area contributed by atoms with E-state index in [4.69, 9.17) is 16.7 Å². The Bertz CT molecular complexity index is 434. The first-order valence-corrected chi connectivity index (χ1v) is 5.54.